The van der Waals surface area contributed by atoms with E-state index in [4.69, 9.17) is 4.74 Å². The lowest BCUT2D eigenvalue weighted by atomic mass is 10.2. The van der Waals surface area contributed by atoms with Crippen LogP contribution in [0.4, 0.5) is 0 Å². The van der Waals surface area contributed by atoms with Gasteiger partial charge in [-0.1, -0.05) is 6.92 Å². The molecule has 0 saturated heterocycles. The van der Waals surface area contributed by atoms with Gasteiger partial charge in [0, 0.05) is 4.75 Å². The minimum atomic E-state index is -0.153. The smallest absolute Gasteiger partial charge is 0.320 e. The Labute approximate surface area is 91.2 Å². The van der Waals surface area contributed by atoms with Crippen LogP contribution in [0.25, 0.3) is 0 Å². The van der Waals surface area contributed by atoms with Crippen molar-refractivity contribution in [3.8, 4) is 0 Å². The lowest BCUT2D eigenvalue weighted by Crippen LogP contribution is -2.29. The summed E-state index contributed by atoms with van der Waals surface area (Å²) in [7, 11) is 3.71. The third-order valence-electron chi connectivity index (χ3n) is 1.56. The van der Waals surface area contributed by atoms with Crippen molar-refractivity contribution in [2.24, 2.45) is 0 Å². The highest BCUT2D eigenvalue weighted by Gasteiger charge is 2.19. The zero-order valence-corrected chi connectivity index (χ0v) is 10.6. The number of thioether (sulfide) groups is 1. The lowest BCUT2D eigenvalue weighted by molar-refractivity contribution is -0.144. The quantitative estimate of drug-likeness (QED) is 0.635. The highest BCUT2D eigenvalue weighted by Crippen LogP contribution is 2.23. The summed E-state index contributed by atoms with van der Waals surface area (Å²) >= 11 is 1.80. The molecule has 0 N–H and O–H groups in total. The molecule has 0 heterocycles. The summed E-state index contributed by atoms with van der Waals surface area (Å²) < 4.78 is 5.19. The van der Waals surface area contributed by atoms with E-state index in [-0.39, 0.29) is 10.7 Å². The van der Waals surface area contributed by atoms with Crippen molar-refractivity contribution in [1.82, 2.24) is 4.90 Å². The number of rotatable bonds is 6. The molecule has 0 saturated carbocycles. The number of hydrogen-bond donors (Lipinski definition) is 0. The average molecular weight is 219 g/mol. The topological polar surface area (TPSA) is 29.5 Å². The summed E-state index contributed by atoms with van der Waals surface area (Å²) in [5.74, 6) is 0.887. The van der Waals surface area contributed by atoms with Crippen molar-refractivity contribution in [2.75, 3.05) is 33.0 Å². The van der Waals surface area contributed by atoms with E-state index >= 15 is 0 Å². The summed E-state index contributed by atoms with van der Waals surface area (Å²) in [6.45, 7) is 7.12. The molecule has 0 spiro atoms. The number of esters is 1. The van der Waals surface area contributed by atoms with Gasteiger partial charge in [0.1, 0.15) is 6.61 Å². The summed E-state index contributed by atoms with van der Waals surface area (Å²) in [6.07, 6.45) is 0. The Kier molecular flexibility index (Phi) is 6.20. The molecule has 0 unspecified atom stereocenters. The van der Waals surface area contributed by atoms with Crippen LogP contribution in [0.15, 0.2) is 0 Å². The Morgan fingerprint density at radius 3 is 2.43 bits per heavy atom. The second-order valence-electron chi connectivity index (χ2n) is 4.09. The summed E-state index contributed by atoms with van der Waals surface area (Å²) in [4.78, 5) is 13.0. The van der Waals surface area contributed by atoms with Gasteiger partial charge in [-0.05, 0) is 33.7 Å². The van der Waals surface area contributed by atoms with Crippen LogP contribution in [0, 0.1) is 0 Å². The predicted molar refractivity (Wildman–Crippen MR) is 61.7 cm³/mol. The van der Waals surface area contributed by atoms with Crippen molar-refractivity contribution in [1.29, 1.82) is 0 Å². The molecule has 0 aromatic carbocycles. The second kappa shape index (κ2) is 6.30. The Morgan fingerprint density at radius 2 is 2.00 bits per heavy atom. The van der Waals surface area contributed by atoms with Crippen LogP contribution >= 0.6 is 11.8 Å². The van der Waals surface area contributed by atoms with Crippen LogP contribution in [0.3, 0.4) is 0 Å². The van der Waals surface area contributed by atoms with Crippen molar-refractivity contribution < 1.29 is 9.53 Å². The van der Waals surface area contributed by atoms with E-state index < -0.39 is 0 Å². The Balaban J connectivity index is 3.75. The molecule has 0 atom stereocenters. The highest BCUT2D eigenvalue weighted by atomic mass is 32.2. The average Bonchev–Trinajstić information content (AvgIpc) is 2.00. The van der Waals surface area contributed by atoms with Gasteiger partial charge in [0.05, 0.1) is 6.54 Å². The maximum Gasteiger partial charge on any atom is 0.320 e. The highest BCUT2D eigenvalue weighted by molar-refractivity contribution is 8.00. The third kappa shape index (κ3) is 7.21. The van der Waals surface area contributed by atoms with Crippen molar-refractivity contribution in [3.05, 3.63) is 0 Å². The molecule has 0 fully saturated rings. The maximum atomic E-state index is 11.2. The fourth-order valence-corrected chi connectivity index (χ4v) is 1.91. The first-order valence-electron chi connectivity index (χ1n) is 4.81. The van der Waals surface area contributed by atoms with E-state index in [1.165, 1.54) is 0 Å². The maximum absolute atomic E-state index is 11.2. The van der Waals surface area contributed by atoms with E-state index in [0.717, 1.165) is 5.75 Å². The molecule has 0 aromatic heterocycles. The molecule has 0 aliphatic rings. The fraction of sp³-hybridized carbons (Fsp3) is 0.900. The van der Waals surface area contributed by atoms with Gasteiger partial charge in [-0.25, -0.2) is 0 Å². The Morgan fingerprint density at radius 1 is 1.43 bits per heavy atom. The first-order valence-corrected chi connectivity index (χ1v) is 5.80. The zero-order chi connectivity index (χ0) is 11.2. The lowest BCUT2D eigenvalue weighted by Gasteiger charge is -2.23. The first-order chi connectivity index (χ1) is 6.37. The van der Waals surface area contributed by atoms with Gasteiger partial charge in [-0.15, -0.1) is 0 Å². The van der Waals surface area contributed by atoms with Crippen molar-refractivity contribution in [3.63, 3.8) is 0 Å². The monoisotopic (exact) mass is 219 g/mol. The largest absolute Gasteiger partial charge is 0.463 e. The van der Waals surface area contributed by atoms with Gasteiger partial charge in [0.2, 0.25) is 0 Å². The molecule has 0 amide bonds. The third-order valence-corrected chi connectivity index (χ3v) is 2.75. The van der Waals surface area contributed by atoms with Crippen molar-refractivity contribution in [2.45, 2.75) is 25.5 Å². The summed E-state index contributed by atoms with van der Waals surface area (Å²) in [6, 6.07) is 0. The zero-order valence-electron chi connectivity index (χ0n) is 9.79. The van der Waals surface area contributed by atoms with Crippen LogP contribution in [0.2, 0.25) is 0 Å². The number of carbonyl (C=O) groups excluding carboxylic acids is 1. The molecule has 84 valence electrons. The summed E-state index contributed by atoms with van der Waals surface area (Å²) in [5.41, 5.74) is 0. The molecular weight excluding hydrogens is 198 g/mol. The number of hydrogen-bond acceptors (Lipinski definition) is 4. The van der Waals surface area contributed by atoms with Gasteiger partial charge >= 0.3 is 5.97 Å². The first kappa shape index (κ1) is 13.8. The van der Waals surface area contributed by atoms with E-state index in [9.17, 15) is 4.79 Å². The SMILES string of the molecule is CCSC(C)(C)COC(=O)CN(C)C. The van der Waals surface area contributed by atoms with E-state index in [1.807, 2.05) is 19.0 Å². The second-order valence-corrected chi connectivity index (χ2v) is 6.06. The van der Waals surface area contributed by atoms with E-state index in [1.54, 1.807) is 11.8 Å². The molecule has 0 bridgehead atoms. The van der Waals surface area contributed by atoms with Gasteiger partial charge in [-0.2, -0.15) is 11.8 Å². The molecule has 14 heavy (non-hydrogen) atoms. The fourth-order valence-electron chi connectivity index (χ4n) is 0.991. The van der Waals surface area contributed by atoms with E-state index in [0.29, 0.717) is 13.2 Å². The summed E-state index contributed by atoms with van der Waals surface area (Å²) in [5, 5.41) is 0. The minimum absolute atomic E-state index is 0.0245. The van der Waals surface area contributed by atoms with Gasteiger partial charge < -0.3 is 4.74 Å². The van der Waals surface area contributed by atoms with Gasteiger partial charge in [0.25, 0.3) is 0 Å². The van der Waals surface area contributed by atoms with E-state index in [2.05, 4.69) is 20.8 Å². The molecule has 0 radical (unpaired) electrons. The number of likely N-dealkylation sites (N-methyl/N-ethyl adjacent to an activating group) is 1. The molecule has 0 aliphatic carbocycles. The Hall–Kier alpha value is -0.220. The van der Waals surface area contributed by atoms with Crippen LogP contribution in [-0.2, 0) is 9.53 Å². The number of ether oxygens (including phenoxy) is 1. The van der Waals surface area contributed by atoms with Crippen LogP contribution in [0.1, 0.15) is 20.8 Å². The normalized spacial score (nSPS) is 11.9. The Bertz CT molecular complexity index is 181. The number of carbonyl (C=O) groups is 1. The van der Waals surface area contributed by atoms with Gasteiger partial charge in [0.15, 0.2) is 0 Å². The minimum Gasteiger partial charge on any atom is -0.463 e. The van der Waals surface area contributed by atoms with Crippen molar-refractivity contribution >= 4 is 17.7 Å². The molecule has 4 heteroatoms. The van der Waals surface area contributed by atoms with Crippen LogP contribution < -0.4 is 0 Å². The van der Waals surface area contributed by atoms with Gasteiger partial charge in [-0.3, -0.25) is 9.69 Å². The molecule has 0 rings (SSSR count). The standard InChI is InChI=1S/C10H21NO2S/c1-6-14-10(2,3)8-13-9(12)7-11(4)5/h6-8H2,1-5H3. The predicted octanol–water partition coefficient (Wildman–Crippen LogP) is 1.62. The number of nitrogens with zero attached hydrogens (tertiary/aromatic N) is 1. The van der Waals surface area contributed by atoms with Crippen LogP contribution in [-0.4, -0.2) is 48.6 Å². The molecule has 0 aromatic rings. The molecule has 3 nitrogen and oxygen atoms in total. The molecular formula is C10H21NO2S. The molecule has 0 aliphatic heterocycles. The van der Waals surface area contributed by atoms with Crippen LogP contribution in [0.5, 0.6) is 0 Å².